The molecule has 1 unspecified atom stereocenters. The molecule has 1 saturated carbocycles. The van der Waals surface area contributed by atoms with Crippen molar-refractivity contribution in [2.75, 3.05) is 25.5 Å². The molecule has 1 aliphatic heterocycles. The maximum atomic E-state index is 12.6. The lowest BCUT2D eigenvalue weighted by molar-refractivity contribution is 0.136. The molecule has 2 heterocycles. The first-order valence-electron chi connectivity index (χ1n) is 13.1. The van der Waals surface area contributed by atoms with Crippen LogP contribution in [0, 0.1) is 6.92 Å². The van der Waals surface area contributed by atoms with Crippen molar-refractivity contribution in [2.45, 2.75) is 90.1 Å². The molecule has 0 spiro atoms. The first kappa shape index (κ1) is 25.0. The number of pyridine rings is 1. The molecule has 0 saturated heterocycles. The van der Waals surface area contributed by atoms with E-state index in [0.29, 0.717) is 18.6 Å². The molecule has 1 fully saturated rings. The maximum absolute atomic E-state index is 12.6. The number of anilines is 1. The van der Waals surface area contributed by atoms with Crippen molar-refractivity contribution < 1.29 is 5.11 Å². The van der Waals surface area contributed by atoms with Gasteiger partial charge in [-0.05, 0) is 103 Å². The monoisotopic (exact) mass is 466 g/mol. The highest BCUT2D eigenvalue weighted by molar-refractivity contribution is 5.58. The topological polar surface area (TPSA) is 71.6 Å². The van der Waals surface area contributed by atoms with Gasteiger partial charge in [0.25, 0.3) is 5.56 Å². The van der Waals surface area contributed by atoms with E-state index in [-0.39, 0.29) is 5.56 Å². The Bertz CT molecular complexity index is 1020. The molecule has 6 nitrogen and oxygen atoms in total. The number of fused-ring (bicyclic) bond motifs is 2. The van der Waals surface area contributed by atoms with Crippen LogP contribution in [0.2, 0.25) is 0 Å². The fourth-order valence-corrected chi connectivity index (χ4v) is 6.03. The van der Waals surface area contributed by atoms with Gasteiger partial charge in [0.2, 0.25) is 0 Å². The Morgan fingerprint density at radius 3 is 2.44 bits per heavy atom. The number of nitrogens with zero attached hydrogens (tertiary/aromatic N) is 2. The first-order valence-corrected chi connectivity index (χ1v) is 13.1. The van der Waals surface area contributed by atoms with Gasteiger partial charge in [0.15, 0.2) is 0 Å². The number of nitrogens with one attached hydrogen (secondary N) is 2. The third-order valence-electron chi connectivity index (χ3n) is 7.93. The fraction of sp³-hybridized carbons (Fsp3) is 0.607. The molecule has 2 aromatic rings. The molecule has 2 aliphatic rings. The minimum absolute atomic E-state index is 0.0478. The molecule has 4 rings (SSSR count). The minimum atomic E-state index is -0.801. The van der Waals surface area contributed by atoms with Gasteiger partial charge in [-0.25, -0.2) is 0 Å². The van der Waals surface area contributed by atoms with E-state index in [4.69, 9.17) is 0 Å². The second-order valence-electron chi connectivity index (χ2n) is 10.3. The third-order valence-corrected chi connectivity index (χ3v) is 7.93. The number of rotatable bonds is 4. The Kier molecular flexibility index (Phi) is 8.12. The number of benzene rings is 1. The van der Waals surface area contributed by atoms with Gasteiger partial charge in [0.1, 0.15) is 6.23 Å². The lowest BCUT2D eigenvalue weighted by atomic mass is 9.88. The molecule has 1 aromatic carbocycles. The highest BCUT2D eigenvalue weighted by atomic mass is 16.3. The van der Waals surface area contributed by atoms with Crippen molar-refractivity contribution in [1.82, 2.24) is 15.2 Å². The van der Waals surface area contributed by atoms with E-state index in [2.05, 4.69) is 59.3 Å². The normalized spacial score (nSPS) is 23.6. The summed E-state index contributed by atoms with van der Waals surface area (Å²) in [5.74, 6) is 0. The third kappa shape index (κ3) is 5.40. The molecular formula is C28H42N4O2. The molecule has 34 heavy (non-hydrogen) atoms. The fourth-order valence-electron chi connectivity index (χ4n) is 6.03. The minimum Gasteiger partial charge on any atom is -0.374 e. The summed E-state index contributed by atoms with van der Waals surface area (Å²) in [7, 11) is 4.39. The number of aryl methyl sites for hydroxylation is 2. The summed E-state index contributed by atoms with van der Waals surface area (Å²) in [6.07, 6.45) is 7.97. The highest BCUT2D eigenvalue weighted by Gasteiger charge is 2.28. The van der Waals surface area contributed by atoms with Crippen LogP contribution >= 0.6 is 0 Å². The van der Waals surface area contributed by atoms with Crippen LogP contribution in [-0.4, -0.2) is 47.7 Å². The van der Waals surface area contributed by atoms with Crippen LogP contribution < -0.4 is 15.8 Å². The molecule has 0 radical (unpaired) electrons. The van der Waals surface area contributed by atoms with Crippen LogP contribution in [0.4, 0.5) is 5.69 Å². The molecule has 0 amide bonds. The Labute approximate surface area is 204 Å². The van der Waals surface area contributed by atoms with Crippen molar-refractivity contribution in [2.24, 2.45) is 0 Å². The number of H-pyrrole nitrogens is 1. The predicted octanol–water partition coefficient (Wildman–Crippen LogP) is 4.04. The van der Waals surface area contributed by atoms with Crippen molar-refractivity contribution in [3.05, 3.63) is 62.6 Å². The van der Waals surface area contributed by atoms with E-state index in [1.807, 2.05) is 13.0 Å². The number of hydrogen-bond donors (Lipinski definition) is 3. The van der Waals surface area contributed by atoms with Crippen LogP contribution in [0.25, 0.3) is 0 Å². The average Bonchev–Trinajstić information content (AvgIpc) is 2.84. The lowest BCUT2D eigenvalue weighted by Crippen LogP contribution is -2.42. The van der Waals surface area contributed by atoms with Crippen molar-refractivity contribution in [3.8, 4) is 0 Å². The van der Waals surface area contributed by atoms with Gasteiger partial charge >= 0.3 is 0 Å². The molecule has 0 bridgehead atoms. The Balaban J connectivity index is 1.61. The summed E-state index contributed by atoms with van der Waals surface area (Å²) in [4.78, 5) is 20.5. The van der Waals surface area contributed by atoms with Crippen LogP contribution in [0.3, 0.4) is 0 Å². The van der Waals surface area contributed by atoms with E-state index in [1.54, 1.807) is 0 Å². The Morgan fingerprint density at radius 2 is 1.74 bits per heavy atom. The summed E-state index contributed by atoms with van der Waals surface area (Å²) < 4.78 is 0. The first-order chi connectivity index (χ1) is 16.4. The summed E-state index contributed by atoms with van der Waals surface area (Å²) in [5.41, 5.74) is 6.18. The molecule has 1 atom stereocenters. The second-order valence-corrected chi connectivity index (χ2v) is 10.3. The number of aromatic amines is 1. The van der Waals surface area contributed by atoms with E-state index < -0.39 is 6.23 Å². The molecule has 3 N–H and O–H groups in total. The van der Waals surface area contributed by atoms with Gasteiger partial charge in [0.05, 0.1) is 0 Å². The largest absolute Gasteiger partial charge is 0.374 e. The SMILES string of the molecule is CCN(c1cccc2c1CCCCc1cc(C)[nH]c(=O)c1CNC2O)C1CCC(N(C)C)CC1. The second kappa shape index (κ2) is 11.1. The standard InChI is InChI=1S/C28H42N4O2/c1-5-32(22-15-13-21(14-16-22)31(3)4)26-12-8-11-24-23(26)10-7-6-9-20-17-19(2)30-28(34)25(20)18-29-27(24)33/h8,11-12,17,21-22,27,29,33H,5-7,9-10,13-16,18H2,1-4H3,(H,30,34). The van der Waals surface area contributed by atoms with Gasteiger partial charge in [-0.15, -0.1) is 0 Å². The summed E-state index contributed by atoms with van der Waals surface area (Å²) in [6, 6.07) is 9.69. The van der Waals surface area contributed by atoms with Crippen LogP contribution in [0.1, 0.15) is 79.6 Å². The zero-order chi connectivity index (χ0) is 24.2. The maximum Gasteiger partial charge on any atom is 0.252 e. The summed E-state index contributed by atoms with van der Waals surface area (Å²) >= 11 is 0. The van der Waals surface area contributed by atoms with Gasteiger partial charge in [0, 0.05) is 47.7 Å². The van der Waals surface area contributed by atoms with Crippen molar-refractivity contribution in [3.63, 3.8) is 0 Å². The van der Waals surface area contributed by atoms with Gasteiger partial charge in [-0.1, -0.05) is 12.1 Å². The summed E-state index contributed by atoms with van der Waals surface area (Å²) in [5, 5.41) is 14.4. The number of aliphatic hydroxyl groups is 1. The average molecular weight is 467 g/mol. The number of aliphatic hydroxyl groups excluding tert-OH is 1. The molecule has 1 aliphatic carbocycles. The summed E-state index contributed by atoms with van der Waals surface area (Å²) in [6.45, 7) is 5.52. The quantitative estimate of drug-likeness (QED) is 0.634. The van der Waals surface area contributed by atoms with Crippen LogP contribution in [0.5, 0.6) is 0 Å². The highest BCUT2D eigenvalue weighted by Crippen LogP contribution is 2.35. The van der Waals surface area contributed by atoms with Gasteiger partial charge < -0.3 is 19.9 Å². The molecule has 186 valence electrons. The van der Waals surface area contributed by atoms with Crippen LogP contribution in [-0.2, 0) is 19.4 Å². The smallest absolute Gasteiger partial charge is 0.252 e. The molecule has 1 aromatic heterocycles. The van der Waals surface area contributed by atoms with Gasteiger partial charge in [-0.3, -0.25) is 10.1 Å². The Hall–Kier alpha value is -2.15. The van der Waals surface area contributed by atoms with E-state index in [1.165, 1.54) is 36.9 Å². The zero-order valence-electron chi connectivity index (χ0n) is 21.4. The van der Waals surface area contributed by atoms with Crippen molar-refractivity contribution >= 4 is 5.69 Å². The Morgan fingerprint density at radius 1 is 1.03 bits per heavy atom. The number of hydrogen-bond acceptors (Lipinski definition) is 5. The van der Waals surface area contributed by atoms with Crippen molar-refractivity contribution in [1.29, 1.82) is 0 Å². The van der Waals surface area contributed by atoms with Gasteiger partial charge in [-0.2, -0.15) is 0 Å². The predicted molar refractivity (Wildman–Crippen MR) is 139 cm³/mol. The number of aromatic nitrogens is 1. The zero-order valence-corrected chi connectivity index (χ0v) is 21.4. The lowest BCUT2D eigenvalue weighted by Gasteiger charge is -2.40. The van der Waals surface area contributed by atoms with E-state index in [9.17, 15) is 9.90 Å². The molecule has 6 heteroatoms. The van der Waals surface area contributed by atoms with E-state index in [0.717, 1.165) is 54.6 Å². The van der Waals surface area contributed by atoms with E-state index >= 15 is 0 Å². The molecular weight excluding hydrogens is 424 g/mol. The van der Waals surface area contributed by atoms with Crippen LogP contribution in [0.15, 0.2) is 29.1 Å².